The fourth-order valence-corrected chi connectivity index (χ4v) is 2.42. The van der Waals surface area contributed by atoms with E-state index in [1.54, 1.807) is 0 Å². The van der Waals surface area contributed by atoms with Crippen molar-refractivity contribution < 1.29 is 0 Å². The molecule has 0 spiro atoms. The van der Waals surface area contributed by atoms with Crippen molar-refractivity contribution >= 4 is 5.84 Å². The van der Waals surface area contributed by atoms with E-state index >= 15 is 0 Å². The van der Waals surface area contributed by atoms with Crippen LogP contribution in [0, 0.1) is 5.41 Å². The molecule has 1 saturated heterocycles. The van der Waals surface area contributed by atoms with Gasteiger partial charge in [0.25, 0.3) is 0 Å². The highest BCUT2D eigenvalue weighted by molar-refractivity contribution is 5.79. The van der Waals surface area contributed by atoms with Gasteiger partial charge in [0.15, 0.2) is 0 Å². The van der Waals surface area contributed by atoms with Crippen molar-refractivity contribution in [3.8, 4) is 0 Å². The highest BCUT2D eigenvalue weighted by Gasteiger charge is 2.26. The maximum Gasteiger partial charge on any atom is 0.0958 e. The lowest BCUT2D eigenvalue weighted by atomic mass is 10.2. The summed E-state index contributed by atoms with van der Waals surface area (Å²) in [5.41, 5.74) is 0. The fraction of sp³-hybridized carbons (Fsp3) is 0.917. The van der Waals surface area contributed by atoms with Crippen LogP contribution in [0.2, 0.25) is 0 Å². The van der Waals surface area contributed by atoms with E-state index in [0.717, 1.165) is 44.9 Å². The molecular weight excluding hydrogens is 186 g/mol. The van der Waals surface area contributed by atoms with E-state index in [4.69, 9.17) is 5.41 Å². The summed E-state index contributed by atoms with van der Waals surface area (Å²) in [6, 6.07) is 0.678. The van der Waals surface area contributed by atoms with Crippen molar-refractivity contribution in [1.29, 1.82) is 5.41 Å². The van der Waals surface area contributed by atoms with Crippen LogP contribution in [-0.2, 0) is 0 Å². The van der Waals surface area contributed by atoms with E-state index in [1.807, 2.05) is 0 Å². The molecule has 0 bridgehead atoms. The van der Waals surface area contributed by atoms with E-state index in [1.165, 1.54) is 6.42 Å². The lowest BCUT2D eigenvalue weighted by Crippen LogP contribution is -2.38. The van der Waals surface area contributed by atoms with Gasteiger partial charge in [-0.15, -0.1) is 0 Å². The Bertz CT molecular complexity index is 199. The van der Waals surface area contributed by atoms with Gasteiger partial charge in [0.2, 0.25) is 0 Å². The molecule has 0 aromatic carbocycles. The summed E-state index contributed by atoms with van der Waals surface area (Å²) in [7, 11) is 0. The summed E-state index contributed by atoms with van der Waals surface area (Å²) >= 11 is 0. The zero-order chi connectivity index (χ0) is 11.3. The maximum atomic E-state index is 7.94. The van der Waals surface area contributed by atoms with Crippen LogP contribution in [-0.4, -0.2) is 47.9 Å². The summed E-state index contributed by atoms with van der Waals surface area (Å²) in [5, 5.41) is 7.94. The highest BCUT2D eigenvalue weighted by atomic mass is 15.3. The second-order valence-corrected chi connectivity index (χ2v) is 4.31. The molecule has 0 aliphatic carbocycles. The first-order valence-electron chi connectivity index (χ1n) is 6.29. The minimum absolute atomic E-state index is 0.678. The molecule has 88 valence electrons. The Hall–Kier alpha value is -0.570. The molecule has 0 radical (unpaired) electrons. The molecule has 1 unspecified atom stereocenters. The third-order valence-corrected chi connectivity index (χ3v) is 3.36. The zero-order valence-corrected chi connectivity index (χ0v) is 10.4. The standard InChI is InChI=1S/C12H25N3/c1-4-7-12(13)15-9-8-11(10-15)14(5-2)6-3/h11,13H,4-10H2,1-3H3. The molecule has 1 heterocycles. The third-order valence-electron chi connectivity index (χ3n) is 3.36. The first-order chi connectivity index (χ1) is 7.22. The third kappa shape index (κ3) is 3.20. The van der Waals surface area contributed by atoms with E-state index < -0.39 is 0 Å². The van der Waals surface area contributed by atoms with Gasteiger partial charge in [0.1, 0.15) is 0 Å². The van der Waals surface area contributed by atoms with Crippen molar-refractivity contribution in [3.05, 3.63) is 0 Å². The molecule has 0 saturated carbocycles. The van der Waals surface area contributed by atoms with Crippen LogP contribution >= 0.6 is 0 Å². The van der Waals surface area contributed by atoms with Crippen molar-refractivity contribution in [3.63, 3.8) is 0 Å². The van der Waals surface area contributed by atoms with Crippen molar-refractivity contribution in [1.82, 2.24) is 9.80 Å². The number of rotatable bonds is 5. The topological polar surface area (TPSA) is 30.3 Å². The van der Waals surface area contributed by atoms with Crippen LogP contribution in [0.25, 0.3) is 0 Å². The summed E-state index contributed by atoms with van der Waals surface area (Å²) in [6.45, 7) is 11.0. The van der Waals surface area contributed by atoms with E-state index in [-0.39, 0.29) is 0 Å². The van der Waals surface area contributed by atoms with Crippen molar-refractivity contribution in [2.24, 2.45) is 0 Å². The van der Waals surface area contributed by atoms with Crippen LogP contribution in [0.5, 0.6) is 0 Å². The average molecular weight is 211 g/mol. The number of nitrogens with one attached hydrogen (secondary N) is 1. The number of likely N-dealkylation sites (N-methyl/N-ethyl adjacent to an activating group) is 1. The van der Waals surface area contributed by atoms with E-state index in [9.17, 15) is 0 Å². The Labute approximate surface area is 94.0 Å². The van der Waals surface area contributed by atoms with Crippen LogP contribution in [0.4, 0.5) is 0 Å². The minimum atomic E-state index is 0.678. The predicted molar refractivity (Wildman–Crippen MR) is 65.5 cm³/mol. The Morgan fingerprint density at radius 3 is 2.53 bits per heavy atom. The van der Waals surface area contributed by atoms with Crippen LogP contribution < -0.4 is 0 Å². The van der Waals surface area contributed by atoms with Gasteiger partial charge in [-0.2, -0.15) is 0 Å². The minimum Gasteiger partial charge on any atom is -0.359 e. The van der Waals surface area contributed by atoms with Crippen molar-refractivity contribution in [2.45, 2.75) is 46.1 Å². The second-order valence-electron chi connectivity index (χ2n) is 4.31. The largest absolute Gasteiger partial charge is 0.359 e. The van der Waals surface area contributed by atoms with Gasteiger partial charge in [-0.05, 0) is 25.9 Å². The van der Waals surface area contributed by atoms with E-state index in [0.29, 0.717) is 6.04 Å². The summed E-state index contributed by atoms with van der Waals surface area (Å²) in [5.74, 6) is 0.840. The molecule has 1 atom stereocenters. The van der Waals surface area contributed by atoms with Gasteiger partial charge in [-0.25, -0.2) is 0 Å². The highest BCUT2D eigenvalue weighted by Crippen LogP contribution is 2.16. The number of hydrogen-bond acceptors (Lipinski definition) is 2. The Balaban J connectivity index is 2.41. The monoisotopic (exact) mass is 211 g/mol. The second kappa shape index (κ2) is 6.11. The first kappa shape index (κ1) is 12.5. The molecule has 1 aliphatic rings. The summed E-state index contributed by atoms with van der Waals surface area (Å²) in [4.78, 5) is 4.77. The lowest BCUT2D eigenvalue weighted by Gasteiger charge is -2.26. The molecular formula is C12H25N3. The zero-order valence-electron chi connectivity index (χ0n) is 10.4. The number of amidine groups is 1. The normalized spacial score (nSPS) is 21.3. The quantitative estimate of drug-likeness (QED) is 0.558. The Morgan fingerprint density at radius 2 is 2.00 bits per heavy atom. The summed E-state index contributed by atoms with van der Waals surface area (Å²) < 4.78 is 0. The van der Waals surface area contributed by atoms with E-state index in [2.05, 4.69) is 30.6 Å². The fourth-order valence-electron chi connectivity index (χ4n) is 2.42. The van der Waals surface area contributed by atoms with Crippen LogP contribution in [0.15, 0.2) is 0 Å². The molecule has 1 rings (SSSR count). The lowest BCUT2D eigenvalue weighted by molar-refractivity contribution is 0.223. The smallest absolute Gasteiger partial charge is 0.0958 e. The summed E-state index contributed by atoms with van der Waals surface area (Å²) in [6.07, 6.45) is 3.25. The first-order valence-corrected chi connectivity index (χ1v) is 6.29. The maximum absolute atomic E-state index is 7.94. The molecule has 3 heteroatoms. The van der Waals surface area contributed by atoms with Gasteiger partial charge < -0.3 is 4.90 Å². The molecule has 3 nitrogen and oxygen atoms in total. The average Bonchev–Trinajstić information content (AvgIpc) is 2.69. The Morgan fingerprint density at radius 1 is 1.33 bits per heavy atom. The SMILES string of the molecule is CCCC(=N)N1CCC(N(CC)CC)C1. The van der Waals surface area contributed by atoms with Gasteiger partial charge in [-0.1, -0.05) is 20.8 Å². The molecule has 0 aromatic rings. The van der Waals surface area contributed by atoms with Gasteiger partial charge in [-0.3, -0.25) is 10.3 Å². The molecule has 0 amide bonds. The molecule has 1 N–H and O–H groups in total. The predicted octanol–water partition coefficient (Wildman–Crippen LogP) is 2.18. The number of likely N-dealkylation sites (tertiary alicyclic amines) is 1. The van der Waals surface area contributed by atoms with Crippen LogP contribution in [0.3, 0.4) is 0 Å². The molecule has 15 heavy (non-hydrogen) atoms. The molecule has 0 aromatic heterocycles. The van der Waals surface area contributed by atoms with Crippen LogP contribution in [0.1, 0.15) is 40.0 Å². The van der Waals surface area contributed by atoms with Gasteiger partial charge >= 0.3 is 0 Å². The molecule has 1 aliphatic heterocycles. The van der Waals surface area contributed by atoms with Gasteiger partial charge in [0.05, 0.1) is 5.84 Å². The number of nitrogens with zero attached hydrogens (tertiary/aromatic N) is 2. The van der Waals surface area contributed by atoms with Gasteiger partial charge in [0, 0.05) is 25.6 Å². The molecule has 1 fully saturated rings. The van der Waals surface area contributed by atoms with Crippen molar-refractivity contribution in [2.75, 3.05) is 26.2 Å². The number of hydrogen-bond donors (Lipinski definition) is 1. The Kier molecular flexibility index (Phi) is 5.09.